The van der Waals surface area contributed by atoms with Gasteiger partial charge in [-0.3, -0.25) is 4.57 Å². The van der Waals surface area contributed by atoms with Gasteiger partial charge in [-0.15, -0.1) is 5.39 Å². The molecule has 0 saturated heterocycles. The van der Waals surface area contributed by atoms with Gasteiger partial charge in [0.1, 0.15) is 11.4 Å². The summed E-state index contributed by atoms with van der Waals surface area (Å²) in [5.74, 6) is 0.808. The van der Waals surface area contributed by atoms with Crippen molar-refractivity contribution in [1.29, 1.82) is 0 Å². The second kappa shape index (κ2) is 11.0. The quantitative estimate of drug-likeness (QED) is 0.131. The number of fused-ring (bicyclic) bond motifs is 5. The largest absolute Gasteiger partial charge is 0.464 e. The molecule has 6 heteroatoms. The first-order chi connectivity index (χ1) is 21.8. The molecule has 0 spiro atoms. The van der Waals surface area contributed by atoms with Crippen molar-refractivity contribution in [1.82, 2.24) is 14.1 Å². The van der Waals surface area contributed by atoms with E-state index in [0.29, 0.717) is 6.42 Å². The van der Waals surface area contributed by atoms with E-state index in [1.54, 1.807) is 6.26 Å². The smallest absolute Gasteiger partial charge is 0.268 e. The Hall–Kier alpha value is -5.25. The Kier molecular flexibility index (Phi) is 6.69. The first-order valence-corrected chi connectivity index (χ1v) is 14.6. The molecular weight excluding hydrogens is 736 g/mol. The zero-order valence-corrected chi connectivity index (χ0v) is 26.2. The van der Waals surface area contributed by atoms with Crippen LogP contribution in [0.4, 0.5) is 0 Å². The molecule has 0 saturated carbocycles. The van der Waals surface area contributed by atoms with Crippen LogP contribution in [0.25, 0.3) is 61.0 Å². The first-order valence-electron chi connectivity index (χ1n) is 14.6. The van der Waals surface area contributed by atoms with Gasteiger partial charge in [0.15, 0.2) is 0 Å². The minimum atomic E-state index is 0. The zero-order chi connectivity index (χ0) is 29.0. The maximum atomic E-state index is 5.71. The van der Waals surface area contributed by atoms with Crippen LogP contribution in [-0.4, -0.2) is 14.1 Å². The molecule has 0 aliphatic rings. The number of hydrogen-bond acceptors (Lipinski definition) is 2. The molecule has 0 aliphatic carbocycles. The molecule has 5 aromatic carbocycles. The fraction of sp³-hybridized carbons (Fsp3) is 0.0256. The molecule has 218 valence electrons. The number of hydrogen-bond donors (Lipinski definition) is 0. The molecule has 5 nitrogen and oxygen atoms in total. The summed E-state index contributed by atoms with van der Waals surface area (Å²) in [5, 5.41) is 3.29. The molecule has 0 N–H and O–H groups in total. The van der Waals surface area contributed by atoms with Gasteiger partial charge in [0.25, 0.3) is 6.33 Å². The standard InChI is InChI=1S/C39H24N4O.Pt/c1-2-10-30(11-3-1)41-26-42(36-16-7-6-15-35(36)41)31-12-8-9-27(22-31)21-28-17-18-33-32-13-4-5-14-34(32)43(37(33)23-28)39-24-38-29(25-40-39)19-20-44-38;/h1-20,24-25H,21H2;/q-2;. The summed E-state index contributed by atoms with van der Waals surface area (Å²) in [6, 6.07) is 49.1. The fourth-order valence-electron chi connectivity index (χ4n) is 6.19. The predicted octanol–water partition coefficient (Wildman–Crippen LogP) is 8.13. The Morgan fingerprint density at radius 3 is 2.42 bits per heavy atom. The third kappa shape index (κ3) is 4.59. The average Bonchev–Trinajstić information content (AvgIpc) is 3.79. The number of aromatic nitrogens is 4. The van der Waals surface area contributed by atoms with Gasteiger partial charge >= 0.3 is 0 Å². The Balaban J connectivity index is 0.00000300. The third-order valence-corrected chi connectivity index (χ3v) is 8.24. The van der Waals surface area contributed by atoms with Gasteiger partial charge in [0.2, 0.25) is 0 Å². The molecule has 0 radical (unpaired) electrons. The van der Waals surface area contributed by atoms with E-state index in [9.17, 15) is 0 Å². The summed E-state index contributed by atoms with van der Waals surface area (Å²) < 4.78 is 12.1. The van der Waals surface area contributed by atoms with E-state index in [4.69, 9.17) is 9.40 Å². The van der Waals surface area contributed by atoms with Crippen molar-refractivity contribution in [2.45, 2.75) is 6.42 Å². The van der Waals surface area contributed by atoms with Gasteiger partial charge in [-0.05, 0) is 41.8 Å². The van der Waals surface area contributed by atoms with E-state index >= 15 is 0 Å². The van der Waals surface area contributed by atoms with Gasteiger partial charge in [-0.1, -0.05) is 66.2 Å². The molecule has 0 fully saturated rings. The van der Waals surface area contributed by atoms with Crippen LogP contribution in [0.15, 0.2) is 138 Å². The number of rotatable bonds is 5. The van der Waals surface area contributed by atoms with Crippen molar-refractivity contribution in [2.75, 3.05) is 0 Å². The summed E-state index contributed by atoms with van der Waals surface area (Å²) in [4.78, 5) is 4.80. The van der Waals surface area contributed by atoms with Crippen molar-refractivity contribution in [3.05, 3.63) is 163 Å². The van der Waals surface area contributed by atoms with Crippen LogP contribution >= 0.6 is 0 Å². The normalized spacial score (nSPS) is 11.5. The van der Waals surface area contributed by atoms with Crippen LogP contribution in [0.2, 0.25) is 0 Å². The number of benzene rings is 5. The van der Waals surface area contributed by atoms with Gasteiger partial charge in [-0.2, -0.15) is 53.6 Å². The van der Waals surface area contributed by atoms with E-state index < -0.39 is 0 Å². The first kappa shape index (κ1) is 27.3. The van der Waals surface area contributed by atoms with Crippen LogP contribution in [0.5, 0.6) is 0 Å². The maximum Gasteiger partial charge on any atom is 0.268 e. The molecule has 0 aliphatic heterocycles. The number of pyridine rings is 1. The summed E-state index contributed by atoms with van der Waals surface area (Å²) in [5.41, 5.74) is 9.22. The maximum absolute atomic E-state index is 5.71. The van der Waals surface area contributed by atoms with Crippen LogP contribution in [0.3, 0.4) is 0 Å². The molecular formula is C39H24N4OPt-2. The van der Waals surface area contributed by atoms with Crippen molar-refractivity contribution in [3.8, 4) is 17.2 Å². The van der Waals surface area contributed by atoms with E-state index in [-0.39, 0.29) is 21.1 Å². The summed E-state index contributed by atoms with van der Waals surface area (Å²) in [7, 11) is 0. The van der Waals surface area contributed by atoms with E-state index in [0.717, 1.165) is 66.7 Å². The Bertz CT molecular complexity index is 2490. The number of nitrogens with zero attached hydrogens (tertiary/aromatic N) is 4. The predicted molar refractivity (Wildman–Crippen MR) is 172 cm³/mol. The van der Waals surface area contributed by atoms with Gasteiger partial charge in [0.05, 0.1) is 23.0 Å². The van der Waals surface area contributed by atoms with E-state index in [1.165, 1.54) is 5.39 Å². The minimum Gasteiger partial charge on any atom is -0.464 e. The van der Waals surface area contributed by atoms with Crippen molar-refractivity contribution in [2.24, 2.45) is 0 Å². The van der Waals surface area contributed by atoms with Gasteiger partial charge in [0, 0.05) is 44.2 Å². The number of imidazole rings is 1. The molecule has 0 atom stereocenters. The summed E-state index contributed by atoms with van der Waals surface area (Å²) in [6.45, 7) is 0. The SMILES string of the molecule is [Pt].[c-]1c(Cc2[c-]c3c(cc2)c2ccccc2n3-c2cc3occc3cn2)cccc1-n1[c-][n+](-c2ccccc2)c2ccccc21. The molecule has 0 bridgehead atoms. The average molecular weight is 760 g/mol. The molecule has 45 heavy (non-hydrogen) atoms. The molecule has 0 unspecified atom stereocenters. The minimum absolute atomic E-state index is 0. The summed E-state index contributed by atoms with van der Waals surface area (Å²) in [6.07, 6.45) is 7.82. The Labute approximate surface area is 273 Å². The Morgan fingerprint density at radius 2 is 1.51 bits per heavy atom. The molecule has 9 aromatic rings. The van der Waals surface area contributed by atoms with Crippen molar-refractivity contribution >= 4 is 43.8 Å². The van der Waals surface area contributed by atoms with Crippen molar-refractivity contribution < 1.29 is 30.0 Å². The molecule has 4 heterocycles. The second-order valence-corrected chi connectivity index (χ2v) is 10.9. The van der Waals surface area contributed by atoms with Crippen LogP contribution in [-0.2, 0) is 27.5 Å². The number of furan rings is 1. The van der Waals surface area contributed by atoms with Gasteiger partial charge < -0.3 is 13.6 Å². The molecule has 4 aromatic heterocycles. The fourth-order valence-corrected chi connectivity index (χ4v) is 6.19. The number of para-hydroxylation sites is 4. The topological polar surface area (TPSA) is 39.8 Å². The zero-order valence-electron chi connectivity index (χ0n) is 23.9. The monoisotopic (exact) mass is 759 g/mol. The van der Waals surface area contributed by atoms with Gasteiger partial charge in [-0.25, -0.2) is 4.98 Å². The third-order valence-electron chi connectivity index (χ3n) is 8.24. The van der Waals surface area contributed by atoms with E-state index in [2.05, 4.69) is 123 Å². The van der Waals surface area contributed by atoms with Crippen molar-refractivity contribution in [3.63, 3.8) is 0 Å². The van der Waals surface area contributed by atoms with Crippen LogP contribution in [0.1, 0.15) is 11.1 Å². The second-order valence-electron chi connectivity index (χ2n) is 10.9. The summed E-state index contributed by atoms with van der Waals surface area (Å²) >= 11 is 0. The molecule has 9 rings (SSSR count). The Morgan fingerprint density at radius 1 is 0.711 bits per heavy atom. The molecule has 0 amide bonds. The van der Waals surface area contributed by atoms with E-state index in [1.807, 2.05) is 36.5 Å². The van der Waals surface area contributed by atoms with Crippen LogP contribution < -0.4 is 4.57 Å². The van der Waals surface area contributed by atoms with Crippen LogP contribution in [0, 0.1) is 18.5 Å².